The summed E-state index contributed by atoms with van der Waals surface area (Å²) in [4.78, 5) is 4.41. The van der Waals surface area contributed by atoms with Crippen LogP contribution in [0.2, 0.25) is 0 Å². The molecule has 1 N–H and O–H groups in total. The molecule has 0 aliphatic heterocycles. The molecule has 0 bridgehead atoms. The first-order valence-corrected chi connectivity index (χ1v) is 6.01. The highest BCUT2D eigenvalue weighted by atomic mass is 16.5. The normalized spacial score (nSPS) is 16.6. The van der Waals surface area contributed by atoms with Crippen molar-refractivity contribution in [2.75, 3.05) is 20.7 Å². The standard InChI is InChI=1S/C15H22N2O/c1-11(2)17(3)8-7-12-10-16-15-6-5-13(18-4)9-14(12)15/h5-6,9-11,16H,7-8H2,1-4H3/i7D2,8D2. The van der Waals surface area contributed by atoms with E-state index in [-0.39, 0.29) is 6.04 Å². The molecule has 0 radical (unpaired) electrons. The Balaban J connectivity index is 2.58. The Bertz CT molecular complexity index is 667. The van der Waals surface area contributed by atoms with Crippen LogP contribution in [0.1, 0.15) is 24.9 Å². The van der Waals surface area contributed by atoms with Gasteiger partial charge in [0.1, 0.15) is 5.75 Å². The molecule has 0 unspecified atom stereocenters. The lowest BCUT2D eigenvalue weighted by atomic mass is 10.1. The number of hydrogen-bond donors (Lipinski definition) is 1. The van der Waals surface area contributed by atoms with Crippen molar-refractivity contribution in [3.8, 4) is 5.75 Å². The van der Waals surface area contributed by atoms with Gasteiger partial charge in [0, 0.05) is 35.1 Å². The molecule has 3 heteroatoms. The van der Waals surface area contributed by atoms with E-state index in [1.807, 2.05) is 13.8 Å². The van der Waals surface area contributed by atoms with Gasteiger partial charge in [-0.15, -0.1) is 0 Å². The van der Waals surface area contributed by atoms with E-state index in [1.165, 1.54) is 11.1 Å². The highest BCUT2D eigenvalue weighted by Gasteiger charge is 2.08. The Labute approximate surface area is 114 Å². The van der Waals surface area contributed by atoms with Crippen molar-refractivity contribution >= 4 is 10.9 Å². The second-order valence-electron chi connectivity index (χ2n) is 4.56. The molecular weight excluding hydrogens is 224 g/mol. The number of nitrogens with zero attached hydrogens (tertiary/aromatic N) is 1. The fraction of sp³-hybridized carbons (Fsp3) is 0.467. The summed E-state index contributed by atoms with van der Waals surface area (Å²) in [5.74, 6) is 0.613. The fourth-order valence-electron chi connectivity index (χ4n) is 1.61. The minimum atomic E-state index is -2.18. The van der Waals surface area contributed by atoms with Gasteiger partial charge in [0.2, 0.25) is 0 Å². The van der Waals surface area contributed by atoms with Crippen molar-refractivity contribution in [3.63, 3.8) is 0 Å². The van der Waals surface area contributed by atoms with Gasteiger partial charge >= 0.3 is 0 Å². The molecule has 0 spiro atoms. The molecule has 0 aliphatic carbocycles. The van der Waals surface area contributed by atoms with E-state index in [1.54, 1.807) is 32.4 Å². The van der Waals surface area contributed by atoms with E-state index in [9.17, 15) is 0 Å². The Hall–Kier alpha value is -1.48. The van der Waals surface area contributed by atoms with Crippen LogP contribution in [0.3, 0.4) is 0 Å². The van der Waals surface area contributed by atoms with Crippen LogP contribution >= 0.6 is 0 Å². The van der Waals surface area contributed by atoms with Crippen LogP contribution in [0.25, 0.3) is 10.9 Å². The highest BCUT2D eigenvalue weighted by molar-refractivity contribution is 5.84. The fourth-order valence-corrected chi connectivity index (χ4v) is 1.61. The maximum atomic E-state index is 8.41. The van der Waals surface area contributed by atoms with Gasteiger partial charge in [0.05, 0.1) is 7.11 Å². The van der Waals surface area contributed by atoms with Crippen LogP contribution in [0, 0.1) is 0 Å². The zero-order valence-electron chi connectivity index (χ0n) is 15.2. The molecular formula is C15H22N2O. The van der Waals surface area contributed by atoms with Crippen molar-refractivity contribution in [2.45, 2.75) is 26.3 Å². The zero-order valence-corrected chi connectivity index (χ0v) is 11.2. The van der Waals surface area contributed by atoms with E-state index < -0.39 is 12.9 Å². The Morgan fingerprint density at radius 2 is 2.22 bits per heavy atom. The molecule has 0 fully saturated rings. The summed E-state index contributed by atoms with van der Waals surface area (Å²) in [7, 11) is 3.14. The minimum absolute atomic E-state index is 0.121. The van der Waals surface area contributed by atoms with Gasteiger partial charge in [-0.25, -0.2) is 0 Å². The van der Waals surface area contributed by atoms with Crippen molar-refractivity contribution in [1.82, 2.24) is 9.88 Å². The molecule has 0 atom stereocenters. The van der Waals surface area contributed by atoms with Crippen molar-refractivity contribution in [2.24, 2.45) is 0 Å². The highest BCUT2D eigenvalue weighted by Crippen LogP contribution is 2.24. The molecule has 2 aromatic rings. The van der Waals surface area contributed by atoms with Crippen molar-refractivity contribution < 1.29 is 10.2 Å². The zero-order chi connectivity index (χ0) is 16.7. The summed E-state index contributed by atoms with van der Waals surface area (Å²) in [5, 5.41) is 0.630. The quantitative estimate of drug-likeness (QED) is 0.883. The predicted octanol–water partition coefficient (Wildman–Crippen LogP) is 3.06. The topological polar surface area (TPSA) is 28.3 Å². The molecule has 0 amide bonds. The van der Waals surface area contributed by atoms with Gasteiger partial charge in [0.15, 0.2) is 0 Å². The minimum Gasteiger partial charge on any atom is -0.497 e. The second-order valence-corrected chi connectivity index (χ2v) is 4.56. The number of fused-ring (bicyclic) bond motifs is 1. The van der Waals surface area contributed by atoms with Crippen LogP contribution in [-0.2, 0) is 6.37 Å². The molecule has 2 rings (SSSR count). The Kier molecular flexibility index (Phi) is 2.60. The molecule has 0 aliphatic rings. The SMILES string of the molecule is [2H]C([2H])(c1c[nH]c2ccc(OC)cc12)C([2H])([2H])N(C)C(C)C. The number of aromatic nitrogens is 1. The number of nitrogens with one attached hydrogen (secondary N) is 1. The smallest absolute Gasteiger partial charge is 0.119 e. The van der Waals surface area contributed by atoms with Crippen LogP contribution in [0.5, 0.6) is 5.75 Å². The van der Waals surface area contributed by atoms with Crippen molar-refractivity contribution in [3.05, 3.63) is 30.0 Å². The molecule has 0 saturated carbocycles. The first kappa shape index (κ1) is 8.59. The lowest BCUT2D eigenvalue weighted by Gasteiger charge is -2.20. The lowest BCUT2D eigenvalue weighted by Crippen LogP contribution is -2.28. The summed E-state index contributed by atoms with van der Waals surface area (Å²) in [5.41, 5.74) is 1.04. The second kappa shape index (κ2) is 5.44. The number of hydrogen-bond acceptors (Lipinski definition) is 2. The van der Waals surface area contributed by atoms with Crippen LogP contribution < -0.4 is 4.74 Å². The Morgan fingerprint density at radius 3 is 2.89 bits per heavy atom. The monoisotopic (exact) mass is 250 g/mol. The summed E-state index contributed by atoms with van der Waals surface area (Å²) in [6.07, 6.45) is -0.646. The average Bonchev–Trinajstić information content (AvgIpc) is 2.89. The number of aryl methyl sites for hydroxylation is 1. The van der Waals surface area contributed by atoms with Crippen LogP contribution in [0.15, 0.2) is 24.4 Å². The molecule has 18 heavy (non-hydrogen) atoms. The first-order chi connectivity index (χ1) is 10.1. The summed E-state index contributed by atoms with van der Waals surface area (Å²) >= 11 is 0. The van der Waals surface area contributed by atoms with E-state index in [4.69, 9.17) is 10.2 Å². The van der Waals surface area contributed by atoms with E-state index in [0.717, 1.165) is 5.52 Å². The number of methoxy groups -OCH3 is 1. The number of aromatic amines is 1. The van der Waals surface area contributed by atoms with E-state index >= 15 is 0 Å². The molecule has 0 saturated heterocycles. The molecule has 1 aromatic carbocycles. The van der Waals surface area contributed by atoms with Crippen LogP contribution in [-0.4, -0.2) is 36.6 Å². The maximum Gasteiger partial charge on any atom is 0.119 e. The third kappa shape index (κ3) is 2.67. The first-order valence-electron chi connectivity index (χ1n) is 8.01. The van der Waals surface area contributed by atoms with E-state index in [0.29, 0.717) is 16.7 Å². The predicted molar refractivity (Wildman–Crippen MR) is 76.3 cm³/mol. The van der Waals surface area contributed by atoms with Gasteiger partial charge in [-0.1, -0.05) is 0 Å². The Morgan fingerprint density at radius 1 is 1.44 bits per heavy atom. The molecule has 98 valence electrons. The van der Waals surface area contributed by atoms with Crippen LogP contribution in [0.4, 0.5) is 0 Å². The van der Waals surface area contributed by atoms with Gasteiger partial charge in [-0.3, -0.25) is 0 Å². The van der Waals surface area contributed by atoms with Crippen molar-refractivity contribution in [1.29, 1.82) is 0 Å². The number of likely N-dealkylation sites (N-methyl/N-ethyl adjacent to an activating group) is 1. The molecule has 1 heterocycles. The number of ether oxygens (including phenoxy) is 1. The van der Waals surface area contributed by atoms with E-state index in [2.05, 4.69) is 4.98 Å². The molecule has 3 nitrogen and oxygen atoms in total. The van der Waals surface area contributed by atoms with Gasteiger partial charge in [-0.2, -0.15) is 0 Å². The third-order valence-electron chi connectivity index (χ3n) is 3.03. The summed E-state index contributed by atoms with van der Waals surface area (Å²) in [6.45, 7) is 1.53. The van der Waals surface area contributed by atoms with Gasteiger partial charge in [0.25, 0.3) is 0 Å². The third-order valence-corrected chi connectivity index (χ3v) is 3.03. The van der Waals surface area contributed by atoms with Gasteiger partial charge < -0.3 is 14.6 Å². The number of H-pyrrole nitrogens is 1. The maximum absolute atomic E-state index is 8.41. The summed E-state index contributed by atoms with van der Waals surface area (Å²) < 4.78 is 38.6. The molecule has 1 aromatic heterocycles. The largest absolute Gasteiger partial charge is 0.497 e. The lowest BCUT2D eigenvalue weighted by molar-refractivity contribution is 0.278. The number of rotatable bonds is 5. The number of benzene rings is 1. The summed E-state index contributed by atoms with van der Waals surface area (Å²) in [6, 6.07) is 5.19. The average molecular weight is 250 g/mol. The van der Waals surface area contributed by atoms with Gasteiger partial charge in [-0.05, 0) is 51.0 Å².